The van der Waals surface area contributed by atoms with Crippen molar-refractivity contribution >= 4 is 46.3 Å². The van der Waals surface area contributed by atoms with E-state index in [2.05, 4.69) is 25.5 Å². The van der Waals surface area contributed by atoms with Crippen LogP contribution in [0.4, 0.5) is 17.2 Å². The maximum Gasteiger partial charge on any atom is 0.261 e. The summed E-state index contributed by atoms with van der Waals surface area (Å²) in [6.07, 6.45) is 8.06. The molecule has 5 heterocycles. The number of anilines is 3. The van der Waals surface area contributed by atoms with Crippen LogP contribution in [0.1, 0.15) is 54.6 Å². The van der Waals surface area contributed by atoms with Crippen LogP contribution < -0.4 is 20.4 Å². The molecule has 2 aliphatic rings. The molecule has 0 radical (unpaired) electrons. The van der Waals surface area contributed by atoms with Crippen molar-refractivity contribution in [2.75, 3.05) is 34.8 Å². The van der Waals surface area contributed by atoms with Gasteiger partial charge in [-0.25, -0.2) is 9.97 Å². The minimum Gasteiger partial charge on any atom is -0.356 e. The van der Waals surface area contributed by atoms with Gasteiger partial charge in [0.1, 0.15) is 11.6 Å². The third-order valence-electron chi connectivity index (χ3n) is 8.48. The van der Waals surface area contributed by atoms with Gasteiger partial charge in [-0.3, -0.25) is 14.4 Å². The molecule has 7 rings (SSSR count). The minimum absolute atomic E-state index is 0.128. The first kappa shape index (κ1) is 29.4. The minimum atomic E-state index is -0.230. The molecule has 2 N–H and O–H groups in total. The first-order valence-electron chi connectivity index (χ1n) is 15.4. The van der Waals surface area contributed by atoms with Gasteiger partial charge in [-0.15, -0.1) is 11.3 Å². The van der Waals surface area contributed by atoms with Gasteiger partial charge in [-0.2, -0.15) is 0 Å². The second-order valence-corrected chi connectivity index (χ2v) is 12.5. The molecule has 11 heteroatoms. The Balaban J connectivity index is 1.07. The van der Waals surface area contributed by atoms with Crippen LogP contribution in [-0.2, 0) is 20.0 Å². The largest absolute Gasteiger partial charge is 0.356 e. The van der Waals surface area contributed by atoms with Crippen molar-refractivity contribution in [3.63, 3.8) is 0 Å². The topological polar surface area (TPSA) is 112 Å². The summed E-state index contributed by atoms with van der Waals surface area (Å²) in [6, 6.07) is 20.3. The maximum absolute atomic E-state index is 13.9. The van der Waals surface area contributed by atoms with Crippen LogP contribution in [0.3, 0.4) is 0 Å². The molecule has 0 spiro atoms. The van der Waals surface area contributed by atoms with E-state index in [0.29, 0.717) is 47.0 Å². The molecule has 1 fully saturated rings. The van der Waals surface area contributed by atoms with Gasteiger partial charge in [0, 0.05) is 67.0 Å². The van der Waals surface area contributed by atoms with Crippen molar-refractivity contribution < 1.29 is 14.4 Å². The molecule has 1 saturated heterocycles. The number of aryl methyl sites for hydroxylation is 1. The lowest BCUT2D eigenvalue weighted by atomic mass is 10.1. The summed E-state index contributed by atoms with van der Waals surface area (Å²) in [5.74, 6) is 0.981. The number of thiophene rings is 1. The lowest BCUT2D eigenvalue weighted by Gasteiger charge is -2.23. The van der Waals surface area contributed by atoms with Crippen molar-refractivity contribution in [3.05, 3.63) is 113 Å². The zero-order valence-electron chi connectivity index (χ0n) is 25.4. The number of hydrogen-bond donors (Lipinski definition) is 2. The van der Waals surface area contributed by atoms with Crippen LogP contribution in [0, 0.1) is 0 Å². The summed E-state index contributed by atoms with van der Waals surface area (Å²) < 4.78 is 1.88. The quantitative estimate of drug-likeness (QED) is 0.244. The number of imidazole rings is 1. The van der Waals surface area contributed by atoms with Gasteiger partial charge in [-0.05, 0) is 73.4 Å². The molecular formula is C35H33N7O3S. The van der Waals surface area contributed by atoms with E-state index >= 15 is 0 Å². The third-order valence-corrected chi connectivity index (χ3v) is 9.69. The fourth-order valence-electron chi connectivity index (χ4n) is 6.04. The number of carbonyl (C=O) groups is 3. The Labute approximate surface area is 270 Å². The Kier molecular flexibility index (Phi) is 8.06. The van der Waals surface area contributed by atoms with E-state index in [-0.39, 0.29) is 17.7 Å². The molecule has 5 aromatic rings. The van der Waals surface area contributed by atoms with Crippen molar-refractivity contribution in [1.29, 1.82) is 0 Å². The average Bonchev–Trinajstić information content (AvgIpc) is 3.85. The number of pyridine rings is 1. The molecule has 232 valence electrons. The molecule has 0 saturated carbocycles. The molecule has 3 aromatic heterocycles. The molecule has 3 amide bonds. The van der Waals surface area contributed by atoms with Crippen molar-refractivity contribution in [1.82, 2.24) is 19.9 Å². The summed E-state index contributed by atoms with van der Waals surface area (Å²) in [5.41, 5.74) is 4.42. The molecular weight excluding hydrogens is 598 g/mol. The number of nitrogens with zero attached hydrogens (tertiary/aromatic N) is 5. The van der Waals surface area contributed by atoms with E-state index < -0.39 is 0 Å². The van der Waals surface area contributed by atoms with Gasteiger partial charge in [0.05, 0.1) is 22.7 Å². The van der Waals surface area contributed by atoms with Crippen LogP contribution in [-0.4, -0.2) is 51.9 Å². The number of hydrogen-bond acceptors (Lipinski definition) is 7. The molecule has 0 bridgehead atoms. The normalized spacial score (nSPS) is 13.9. The number of benzene rings is 2. The van der Waals surface area contributed by atoms with E-state index in [4.69, 9.17) is 0 Å². The van der Waals surface area contributed by atoms with E-state index in [9.17, 15) is 14.4 Å². The van der Waals surface area contributed by atoms with Crippen molar-refractivity contribution in [2.24, 2.45) is 7.05 Å². The van der Waals surface area contributed by atoms with E-state index in [1.165, 1.54) is 11.3 Å². The smallest absolute Gasteiger partial charge is 0.261 e. The maximum atomic E-state index is 13.9. The lowest BCUT2D eigenvalue weighted by molar-refractivity contribution is 0.0951. The standard InChI is InChI=1S/C35H33N7O3S/c1-40-20-16-36-30(40)22-38-34(44)29-21-24-14-19-42(28-9-3-2-7-26(28)31(24)46-29)35(45)23-10-12-25(13-11-23)39-33(43)27-8-6-15-37-32(27)41-17-4-5-18-41/h2-3,6-13,15-16,20-21H,4-5,14,17-19,22H2,1H3,(H,38,44)(H,39,43). The van der Waals surface area contributed by atoms with Crippen LogP contribution in [0.15, 0.2) is 85.3 Å². The fraction of sp³-hybridized carbons (Fsp3) is 0.229. The molecule has 2 aromatic carbocycles. The monoisotopic (exact) mass is 631 g/mol. The molecule has 2 aliphatic heterocycles. The fourth-order valence-corrected chi connectivity index (χ4v) is 7.20. The van der Waals surface area contributed by atoms with E-state index in [1.54, 1.807) is 53.7 Å². The van der Waals surface area contributed by atoms with E-state index in [1.807, 2.05) is 48.1 Å². The molecule has 0 unspecified atom stereocenters. The first-order chi connectivity index (χ1) is 22.5. The Morgan fingerprint density at radius 2 is 1.70 bits per heavy atom. The molecule has 46 heavy (non-hydrogen) atoms. The Hall–Kier alpha value is -5.29. The Morgan fingerprint density at radius 1 is 0.891 bits per heavy atom. The predicted octanol–water partition coefficient (Wildman–Crippen LogP) is 5.53. The highest BCUT2D eigenvalue weighted by Crippen LogP contribution is 2.42. The zero-order valence-corrected chi connectivity index (χ0v) is 26.2. The summed E-state index contributed by atoms with van der Waals surface area (Å²) in [5, 5.41) is 5.94. The van der Waals surface area contributed by atoms with E-state index in [0.717, 1.165) is 53.4 Å². The summed E-state index contributed by atoms with van der Waals surface area (Å²) in [4.78, 5) is 54.5. The van der Waals surface area contributed by atoms with Gasteiger partial charge in [-0.1, -0.05) is 18.2 Å². The second-order valence-electron chi connectivity index (χ2n) is 11.4. The van der Waals surface area contributed by atoms with Crippen LogP contribution in [0.25, 0.3) is 10.4 Å². The van der Waals surface area contributed by atoms with Gasteiger partial charge in [0.25, 0.3) is 17.7 Å². The van der Waals surface area contributed by atoms with Crippen LogP contribution in [0.5, 0.6) is 0 Å². The Bertz CT molecular complexity index is 1920. The predicted molar refractivity (Wildman–Crippen MR) is 180 cm³/mol. The highest BCUT2D eigenvalue weighted by atomic mass is 32.1. The first-order valence-corrected chi connectivity index (χ1v) is 16.2. The highest BCUT2D eigenvalue weighted by molar-refractivity contribution is 7.17. The number of carbonyl (C=O) groups excluding carboxylic acids is 3. The molecule has 0 atom stereocenters. The summed E-state index contributed by atoms with van der Waals surface area (Å²) in [6.45, 7) is 2.59. The number of para-hydroxylation sites is 1. The van der Waals surface area contributed by atoms with Crippen molar-refractivity contribution in [3.8, 4) is 10.4 Å². The van der Waals surface area contributed by atoms with Crippen LogP contribution >= 0.6 is 11.3 Å². The number of aromatic nitrogens is 3. The third kappa shape index (κ3) is 5.77. The number of nitrogens with one attached hydrogen (secondary N) is 2. The van der Waals surface area contributed by atoms with Gasteiger partial charge in [0.15, 0.2) is 0 Å². The second kappa shape index (κ2) is 12.6. The number of fused-ring (bicyclic) bond motifs is 3. The van der Waals surface area contributed by atoms with Gasteiger partial charge < -0.3 is 25.0 Å². The highest BCUT2D eigenvalue weighted by Gasteiger charge is 2.28. The van der Waals surface area contributed by atoms with Gasteiger partial charge >= 0.3 is 0 Å². The number of amides is 3. The van der Waals surface area contributed by atoms with Crippen molar-refractivity contribution in [2.45, 2.75) is 25.8 Å². The summed E-state index contributed by atoms with van der Waals surface area (Å²) in [7, 11) is 1.90. The lowest BCUT2D eigenvalue weighted by Crippen LogP contribution is -2.32. The van der Waals surface area contributed by atoms with Gasteiger partial charge in [0.2, 0.25) is 0 Å². The SMILES string of the molecule is Cn1ccnc1CNC(=O)c1cc2c(s1)-c1ccccc1N(C(=O)c1ccc(NC(=O)c3cccnc3N3CCCC3)cc1)CC2. The number of rotatable bonds is 7. The summed E-state index contributed by atoms with van der Waals surface area (Å²) >= 11 is 1.44. The molecule has 0 aliphatic carbocycles. The average molecular weight is 632 g/mol. The molecule has 10 nitrogen and oxygen atoms in total. The zero-order chi connectivity index (χ0) is 31.6. The Morgan fingerprint density at radius 3 is 2.48 bits per heavy atom. The van der Waals surface area contributed by atoms with Crippen LogP contribution in [0.2, 0.25) is 0 Å².